The predicted molar refractivity (Wildman–Crippen MR) is 76.4 cm³/mol. The summed E-state index contributed by atoms with van der Waals surface area (Å²) in [7, 11) is 1.74. The first kappa shape index (κ1) is 14.9. The summed E-state index contributed by atoms with van der Waals surface area (Å²) in [6.07, 6.45) is 0.577. The number of nitrogens with one attached hydrogen (secondary N) is 2. The van der Waals surface area contributed by atoms with Gasteiger partial charge in [-0.1, -0.05) is 5.16 Å². The Morgan fingerprint density at radius 1 is 1.14 bits per heavy atom. The van der Waals surface area contributed by atoms with Gasteiger partial charge in [-0.3, -0.25) is 0 Å². The van der Waals surface area contributed by atoms with E-state index < -0.39 is 0 Å². The lowest BCUT2D eigenvalue weighted by Gasteiger charge is -2.10. The number of aromatic nitrogens is 5. The summed E-state index contributed by atoms with van der Waals surface area (Å²) >= 11 is 0. The molecule has 0 unspecified atom stereocenters. The lowest BCUT2D eigenvalue weighted by Crippen LogP contribution is -2.14. The first-order chi connectivity index (χ1) is 10.1. The lowest BCUT2D eigenvalue weighted by atomic mass is 10.4. The highest BCUT2D eigenvalue weighted by Gasteiger charge is 2.09. The van der Waals surface area contributed by atoms with Crippen LogP contribution in [0.1, 0.15) is 25.6 Å². The van der Waals surface area contributed by atoms with Crippen molar-refractivity contribution in [2.24, 2.45) is 0 Å². The number of ether oxygens (including phenoxy) is 1. The second-order valence-corrected chi connectivity index (χ2v) is 4.59. The zero-order chi connectivity index (χ0) is 15.2. The van der Waals surface area contributed by atoms with Crippen molar-refractivity contribution in [3.05, 3.63) is 11.7 Å². The summed E-state index contributed by atoms with van der Waals surface area (Å²) in [5, 5.41) is 9.68. The molecule has 2 aromatic rings. The third-order valence-corrected chi connectivity index (χ3v) is 2.37. The molecular weight excluding hydrogens is 274 g/mol. The molecule has 0 aliphatic rings. The van der Waals surface area contributed by atoms with E-state index in [0.717, 1.165) is 0 Å². The Morgan fingerprint density at radius 2 is 1.90 bits per heavy atom. The monoisotopic (exact) mass is 293 g/mol. The van der Waals surface area contributed by atoms with Gasteiger partial charge in [0.25, 0.3) is 0 Å². The van der Waals surface area contributed by atoms with Gasteiger partial charge in [-0.25, -0.2) is 0 Å². The van der Waals surface area contributed by atoms with Crippen LogP contribution in [0.25, 0.3) is 0 Å². The molecule has 2 aromatic heterocycles. The van der Waals surface area contributed by atoms with Crippen LogP contribution in [0.3, 0.4) is 0 Å². The number of anilines is 2. The van der Waals surface area contributed by atoms with Crippen molar-refractivity contribution >= 4 is 11.9 Å². The minimum Gasteiger partial charge on any atom is -0.461 e. The Balaban J connectivity index is 1.97. The van der Waals surface area contributed by atoms with E-state index in [-0.39, 0.29) is 12.1 Å². The first-order valence-corrected chi connectivity index (χ1v) is 6.70. The zero-order valence-electron chi connectivity index (χ0n) is 12.5. The number of hydrogen-bond acceptors (Lipinski definition) is 9. The van der Waals surface area contributed by atoms with Crippen molar-refractivity contribution in [1.29, 1.82) is 0 Å². The molecule has 2 N–H and O–H groups in total. The molecule has 21 heavy (non-hydrogen) atoms. The zero-order valence-corrected chi connectivity index (χ0v) is 12.5. The van der Waals surface area contributed by atoms with E-state index in [1.54, 1.807) is 14.0 Å². The van der Waals surface area contributed by atoms with Crippen molar-refractivity contribution in [2.75, 3.05) is 24.2 Å². The van der Waals surface area contributed by atoms with Crippen LogP contribution in [0.4, 0.5) is 11.9 Å². The molecule has 0 aliphatic carbocycles. The molecular formula is C12H19N7O2. The highest BCUT2D eigenvalue weighted by molar-refractivity contribution is 5.35. The molecule has 0 saturated carbocycles. The summed E-state index contributed by atoms with van der Waals surface area (Å²) in [6, 6.07) is 0.278. The van der Waals surface area contributed by atoms with Gasteiger partial charge in [0.2, 0.25) is 17.8 Å². The van der Waals surface area contributed by atoms with E-state index in [2.05, 4.69) is 35.7 Å². The third kappa shape index (κ3) is 4.55. The topological polar surface area (TPSA) is 111 Å². The summed E-state index contributed by atoms with van der Waals surface area (Å²) in [6.45, 7) is 6.17. The largest absolute Gasteiger partial charge is 0.461 e. The molecule has 2 rings (SSSR count). The quantitative estimate of drug-likeness (QED) is 0.773. The molecule has 0 atom stereocenters. The van der Waals surface area contributed by atoms with Gasteiger partial charge in [-0.15, -0.1) is 0 Å². The number of rotatable bonds is 7. The fourth-order valence-corrected chi connectivity index (χ4v) is 1.53. The van der Waals surface area contributed by atoms with Crippen molar-refractivity contribution in [3.63, 3.8) is 0 Å². The van der Waals surface area contributed by atoms with Gasteiger partial charge in [0.1, 0.15) is 0 Å². The number of aryl methyl sites for hydroxylation is 1. The highest BCUT2D eigenvalue weighted by Crippen LogP contribution is 2.12. The van der Waals surface area contributed by atoms with E-state index in [9.17, 15) is 0 Å². The summed E-state index contributed by atoms with van der Waals surface area (Å²) in [4.78, 5) is 16.6. The van der Waals surface area contributed by atoms with E-state index in [4.69, 9.17) is 9.26 Å². The van der Waals surface area contributed by atoms with Gasteiger partial charge in [0.15, 0.2) is 5.82 Å². The summed E-state index contributed by atoms with van der Waals surface area (Å²) < 4.78 is 10.5. The van der Waals surface area contributed by atoms with Crippen LogP contribution in [0.5, 0.6) is 6.01 Å². The Bertz CT molecular complexity index is 585. The van der Waals surface area contributed by atoms with Crippen LogP contribution in [-0.4, -0.2) is 44.8 Å². The maximum Gasteiger partial charge on any atom is 0.323 e. The van der Waals surface area contributed by atoms with Crippen molar-refractivity contribution < 1.29 is 9.26 Å². The average Bonchev–Trinajstić information content (AvgIpc) is 2.83. The molecule has 9 nitrogen and oxygen atoms in total. The predicted octanol–water partition coefficient (Wildman–Crippen LogP) is 1.05. The number of nitrogens with zero attached hydrogens (tertiary/aromatic N) is 5. The third-order valence-electron chi connectivity index (χ3n) is 2.37. The highest BCUT2D eigenvalue weighted by atomic mass is 16.5. The van der Waals surface area contributed by atoms with Gasteiger partial charge in [0, 0.05) is 20.0 Å². The fourth-order valence-electron chi connectivity index (χ4n) is 1.53. The molecule has 0 bridgehead atoms. The summed E-state index contributed by atoms with van der Waals surface area (Å²) in [5.74, 6) is 2.06. The molecule has 9 heteroatoms. The maximum atomic E-state index is 5.48. The summed E-state index contributed by atoms with van der Waals surface area (Å²) in [5.41, 5.74) is 0. The molecule has 0 spiro atoms. The van der Waals surface area contributed by atoms with Crippen molar-refractivity contribution in [3.8, 4) is 6.01 Å². The molecule has 0 aromatic carbocycles. The SMILES string of the molecule is CNc1nc(NCCc2nc(C)no2)nc(OC(C)C)n1. The van der Waals surface area contributed by atoms with Crippen LogP contribution >= 0.6 is 0 Å². The molecule has 0 radical (unpaired) electrons. The first-order valence-electron chi connectivity index (χ1n) is 6.70. The molecule has 0 amide bonds. The molecule has 0 fully saturated rings. The average molecular weight is 293 g/mol. The van der Waals surface area contributed by atoms with Gasteiger partial charge in [-0.05, 0) is 20.8 Å². The van der Waals surface area contributed by atoms with Crippen LogP contribution in [0.15, 0.2) is 4.52 Å². The van der Waals surface area contributed by atoms with Crippen molar-refractivity contribution in [1.82, 2.24) is 25.1 Å². The molecule has 0 saturated heterocycles. The van der Waals surface area contributed by atoms with E-state index in [1.807, 2.05) is 13.8 Å². The van der Waals surface area contributed by atoms with Crippen LogP contribution in [0.2, 0.25) is 0 Å². The van der Waals surface area contributed by atoms with Crippen molar-refractivity contribution in [2.45, 2.75) is 33.3 Å². The normalized spacial score (nSPS) is 10.7. The Kier molecular flexibility index (Phi) is 4.85. The standard InChI is InChI=1S/C12H19N7O2/c1-7(2)20-12-17-10(13-4)16-11(18-12)14-6-5-9-15-8(3)19-21-9/h7H,5-6H2,1-4H3,(H2,13,14,16,17,18). The molecule has 0 aliphatic heterocycles. The fraction of sp³-hybridized carbons (Fsp3) is 0.583. The Hall–Kier alpha value is -2.45. The second kappa shape index (κ2) is 6.82. The van der Waals surface area contributed by atoms with E-state index in [1.165, 1.54) is 0 Å². The molecule has 2 heterocycles. The van der Waals surface area contributed by atoms with Crippen LogP contribution in [0, 0.1) is 6.92 Å². The number of hydrogen-bond donors (Lipinski definition) is 2. The Labute approximate surface area is 122 Å². The minimum absolute atomic E-state index is 0.00803. The second-order valence-electron chi connectivity index (χ2n) is 4.59. The van der Waals surface area contributed by atoms with Crippen LogP contribution < -0.4 is 15.4 Å². The van der Waals surface area contributed by atoms with Gasteiger partial charge in [-0.2, -0.15) is 19.9 Å². The smallest absolute Gasteiger partial charge is 0.323 e. The molecule has 114 valence electrons. The van der Waals surface area contributed by atoms with Gasteiger partial charge < -0.3 is 19.9 Å². The Morgan fingerprint density at radius 3 is 2.52 bits per heavy atom. The van der Waals surface area contributed by atoms with Gasteiger partial charge in [0.05, 0.1) is 6.10 Å². The van der Waals surface area contributed by atoms with E-state index in [0.29, 0.717) is 36.6 Å². The maximum absolute atomic E-state index is 5.48. The van der Waals surface area contributed by atoms with E-state index >= 15 is 0 Å². The van der Waals surface area contributed by atoms with Gasteiger partial charge >= 0.3 is 6.01 Å². The minimum atomic E-state index is -0.00803. The van der Waals surface area contributed by atoms with Crippen LogP contribution in [-0.2, 0) is 6.42 Å². The lowest BCUT2D eigenvalue weighted by molar-refractivity contribution is 0.222.